The number of nitro benzene ring substituents is 2. The Morgan fingerprint density at radius 2 is 1.48 bits per heavy atom. The Hall–Kier alpha value is -2.65. The maximum absolute atomic E-state index is 11.2. The van der Waals surface area contributed by atoms with Crippen LogP contribution in [-0.4, -0.2) is 15.6 Å². The Labute approximate surface area is 164 Å². The quantitative estimate of drug-likeness (QED) is 0.344. The minimum atomic E-state index is -0.428. The molecule has 0 aliphatic heterocycles. The van der Waals surface area contributed by atoms with Gasteiger partial charge in [-0.25, -0.2) is 4.40 Å². The number of hydrogen-bond acceptors (Lipinski definition) is 7. The monoisotopic (exact) mass is 401 g/mol. The van der Waals surface area contributed by atoms with Crippen molar-refractivity contribution < 1.29 is 9.85 Å². The van der Waals surface area contributed by atoms with Gasteiger partial charge in [0.25, 0.3) is 11.4 Å². The van der Waals surface area contributed by atoms with E-state index in [1.165, 1.54) is 23.9 Å². The van der Waals surface area contributed by atoms with Gasteiger partial charge in [0.1, 0.15) is 4.90 Å². The Balaban J connectivity index is 1.85. The van der Waals surface area contributed by atoms with Crippen LogP contribution in [0, 0.1) is 20.2 Å². The van der Waals surface area contributed by atoms with E-state index in [4.69, 9.17) is 0 Å². The SMILES string of the molecule is O=[N+]([O-])c1ccccc1S/N=C1\CCCC=C1Sc1ccccc1[N+](=O)[O-]. The number of para-hydroxylation sites is 2. The number of thioether (sulfide) groups is 1. The van der Waals surface area contributed by atoms with Crippen LogP contribution in [0.25, 0.3) is 0 Å². The number of benzene rings is 2. The Bertz CT molecular complexity index is 944. The van der Waals surface area contributed by atoms with Crippen molar-refractivity contribution >= 4 is 40.8 Å². The standard InChI is InChI=1S/C18H15N3O4S2/c22-20(23)14-8-2-5-11-17(14)26-16-10-4-1-7-13(16)19-27-18-12-6-3-9-15(18)21(24)25/h2-3,5-6,8-12H,1,4,7H2/b19-13+. The molecule has 0 unspecified atom stereocenters. The van der Waals surface area contributed by atoms with Gasteiger partial charge in [-0.2, -0.15) is 0 Å². The molecule has 1 aliphatic rings. The van der Waals surface area contributed by atoms with E-state index in [9.17, 15) is 20.2 Å². The van der Waals surface area contributed by atoms with Crippen LogP contribution in [0.3, 0.4) is 0 Å². The molecule has 0 radical (unpaired) electrons. The molecule has 0 bridgehead atoms. The molecule has 0 N–H and O–H groups in total. The highest BCUT2D eigenvalue weighted by atomic mass is 32.2. The van der Waals surface area contributed by atoms with Crippen molar-refractivity contribution in [2.24, 2.45) is 4.40 Å². The number of allylic oxidation sites excluding steroid dienone is 2. The lowest BCUT2D eigenvalue weighted by molar-refractivity contribution is -0.387. The molecule has 0 amide bonds. The van der Waals surface area contributed by atoms with Crippen LogP contribution in [0.15, 0.2) is 73.7 Å². The molecular formula is C18H15N3O4S2. The maximum atomic E-state index is 11.2. The van der Waals surface area contributed by atoms with E-state index in [0.717, 1.165) is 41.8 Å². The van der Waals surface area contributed by atoms with Crippen LogP contribution in [-0.2, 0) is 0 Å². The summed E-state index contributed by atoms with van der Waals surface area (Å²) in [6.07, 6.45) is 4.55. The Kier molecular flexibility index (Phi) is 6.25. The van der Waals surface area contributed by atoms with Crippen LogP contribution in [0.4, 0.5) is 11.4 Å². The van der Waals surface area contributed by atoms with Crippen molar-refractivity contribution in [3.63, 3.8) is 0 Å². The second kappa shape index (κ2) is 8.83. The molecule has 0 fully saturated rings. The first-order valence-electron chi connectivity index (χ1n) is 8.15. The summed E-state index contributed by atoms with van der Waals surface area (Å²) in [5.41, 5.74) is 0.867. The van der Waals surface area contributed by atoms with Gasteiger partial charge >= 0.3 is 0 Å². The molecule has 0 saturated carbocycles. The average Bonchev–Trinajstić information content (AvgIpc) is 2.67. The Morgan fingerprint density at radius 3 is 2.15 bits per heavy atom. The third-order valence-corrected chi connectivity index (χ3v) is 5.87. The molecule has 0 aromatic heterocycles. The van der Waals surface area contributed by atoms with Crippen molar-refractivity contribution in [2.75, 3.05) is 0 Å². The van der Waals surface area contributed by atoms with Crippen LogP contribution >= 0.6 is 23.7 Å². The first kappa shape index (κ1) is 19.1. The smallest absolute Gasteiger partial charge is 0.258 e. The third kappa shape index (κ3) is 4.75. The van der Waals surface area contributed by atoms with Gasteiger partial charge in [0, 0.05) is 29.0 Å². The van der Waals surface area contributed by atoms with E-state index in [1.807, 2.05) is 6.08 Å². The highest BCUT2D eigenvalue weighted by molar-refractivity contribution is 8.04. The zero-order chi connectivity index (χ0) is 19.2. The molecule has 0 spiro atoms. The van der Waals surface area contributed by atoms with E-state index >= 15 is 0 Å². The van der Waals surface area contributed by atoms with Crippen molar-refractivity contribution in [3.05, 3.63) is 79.7 Å². The number of rotatable bonds is 6. The molecule has 9 heteroatoms. The fraction of sp³-hybridized carbons (Fsp3) is 0.167. The summed E-state index contributed by atoms with van der Waals surface area (Å²) in [7, 11) is 0. The second-order valence-electron chi connectivity index (χ2n) is 5.64. The van der Waals surface area contributed by atoms with Gasteiger partial charge in [-0.15, -0.1) is 0 Å². The van der Waals surface area contributed by atoms with Gasteiger partial charge in [-0.1, -0.05) is 42.1 Å². The van der Waals surface area contributed by atoms with Crippen molar-refractivity contribution in [1.82, 2.24) is 0 Å². The molecule has 2 aromatic carbocycles. The van der Waals surface area contributed by atoms with Crippen LogP contribution in [0.2, 0.25) is 0 Å². The highest BCUT2D eigenvalue weighted by Crippen LogP contribution is 2.39. The lowest BCUT2D eigenvalue weighted by Crippen LogP contribution is -2.05. The van der Waals surface area contributed by atoms with Gasteiger partial charge in [0.2, 0.25) is 0 Å². The van der Waals surface area contributed by atoms with Gasteiger partial charge in [0.15, 0.2) is 0 Å². The van der Waals surface area contributed by atoms with E-state index < -0.39 is 9.85 Å². The molecule has 2 aromatic rings. The van der Waals surface area contributed by atoms with Crippen LogP contribution in [0.5, 0.6) is 0 Å². The Morgan fingerprint density at radius 1 is 0.889 bits per heavy atom. The molecule has 1 aliphatic carbocycles. The molecule has 0 atom stereocenters. The minimum absolute atomic E-state index is 0.0135. The molecule has 0 saturated heterocycles. The average molecular weight is 401 g/mol. The van der Waals surface area contributed by atoms with Crippen molar-refractivity contribution in [2.45, 2.75) is 29.1 Å². The summed E-state index contributed by atoms with van der Waals surface area (Å²) >= 11 is 2.38. The van der Waals surface area contributed by atoms with Gasteiger partial charge < -0.3 is 0 Å². The topological polar surface area (TPSA) is 98.6 Å². The summed E-state index contributed by atoms with van der Waals surface area (Å²) < 4.78 is 4.52. The highest BCUT2D eigenvalue weighted by Gasteiger charge is 2.20. The molecular weight excluding hydrogens is 386 g/mol. The van der Waals surface area contributed by atoms with Crippen molar-refractivity contribution in [3.8, 4) is 0 Å². The predicted molar refractivity (Wildman–Crippen MR) is 107 cm³/mol. The molecule has 27 heavy (non-hydrogen) atoms. The number of nitro groups is 2. The van der Waals surface area contributed by atoms with Crippen LogP contribution < -0.4 is 0 Å². The fourth-order valence-electron chi connectivity index (χ4n) is 2.54. The summed E-state index contributed by atoms with van der Waals surface area (Å²) in [6.45, 7) is 0. The third-order valence-electron chi connectivity index (χ3n) is 3.83. The summed E-state index contributed by atoms with van der Waals surface area (Å²) in [5, 5.41) is 22.4. The summed E-state index contributed by atoms with van der Waals surface area (Å²) in [4.78, 5) is 23.4. The number of nitrogens with zero attached hydrogens (tertiary/aromatic N) is 3. The summed E-state index contributed by atoms with van der Waals surface area (Å²) in [5.74, 6) is 0. The molecule has 0 heterocycles. The normalized spacial score (nSPS) is 15.4. The molecule has 138 valence electrons. The fourth-order valence-corrected chi connectivity index (χ4v) is 4.47. The lowest BCUT2D eigenvalue weighted by atomic mass is 10.1. The van der Waals surface area contributed by atoms with Crippen molar-refractivity contribution in [1.29, 1.82) is 0 Å². The van der Waals surface area contributed by atoms with Gasteiger partial charge in [-0.3, -0.25) is 20.2 Å². The first-order chi connectivity index (χ1) is 13.1. The van der Waals surface area contributed by atoms with E-state index in [2.05, 4.69) is 4.40 Å². The zero-order valence-corrected chi connectivity index (χ0v) is 15.7. The van der Waals surface area contributed by atoms with E-state index in [0.29, 0.717) is 9.79 Å². The zero-order valence-electron chi connectivity index (χ0n) is 14.1. The lowest BCUT2D eigenvalue weighted by Gasteiger charge is -2.15. The van der Waals surface area contributed by atoms with E-state index in [1.54, 1.807) is 36.4 Å². The summed E-state index contributed by atoms with van der Waals surface area (Å²) in [6, 6.07) is 13.0. The maximum Gasteiger partial charge on any atom is 0.284 e. The molecule has 3 rings (SSSR count). The largest absolute Gasteiger partial charge is 0.284 e. The second-order valence-corrected chi connectivity index (χ2v) is 7.53. The number of hydrogen-bond donors (Lipinski definition) is 0. The van der Waals surface area contributed by atoms with Gasteiger partial charge in [0.05, 0.1) is 20.5 Å². The van der Waals surface area contributed by atoms with E-state index in [-0.39, 0.29) is 11.4 Å². The first-order valence-corrected chi connectivity index (χ1v) is 9.74. The predicted octanol–water partition coefficient (Wildman–Crippen LogP) is 5.81. The van der Waals surface area contributed by atoms with Crippen LogP contribution in [0.1, 0.15) is 19.3 Å². The minimum Gasteiger partial charge on any atom is -0.258 e. The van der Waals surface area contributed by atoms with Gasteiger partial charge in [-0.05, 0) is 31.4 Å². The molecule has 7 nitrogen and oxygen atoms in total.